The smallest absolute Gasteiger partial charge is 0.416 e. The molecule has 10 aromatic carbocycles. The number of hydrogen-bond acceptors (Lipinski definition) is 13. The number of aromatic nitrogens is 6. The van der Waals surface area contributed by atoms with Gasteiger partial charge in [-0.2, -0.15) is 13.2 Å². The molecule has 768 valence electrons. The molecule has 5 aliphatic rings. The second kappa shape index (κ2) is 49.7. The first kappa shape index (κ1) is 108. The number of carbonyl (C=O) groups is 5. The van der Waals surface area contributed by atoms with E-state index in [1.807, 2.05) is 153 Å². The van der Waals surface area contributed by atoms with Gasteiger partial charge in [-0.25, -0.2) is 28.5 Å². The number of nitrogens with zero attached hydrogens (tertiary/aromatic N) is 10. The topological polar surface area (TPSA) is 246 Å². The molecule has 18 rings (SSSR count). The predicted molar refractivity (Wildman–Crippen MR) is 567 cm³/mol. The van der Waals surface area contributed by atoms with Crippen molar-refractivity contribution in [3.8, 4) is 28.6 Å². The molecule has 3 aromatic heterocycles. The lowest BCUT2D eigenvalue weighted by molar-refractivity contribution is -0.137. The zero-order chi connectivity index (χ0) is 104. The fourth-order valence-electron chi connectivity index (χ4n) is 21.3. The van der Waals surface area contributed by atoms with Crippen LogP contribution in [-0.4, -0.2) is 136 Å². The molecule has 2 N–H and O–H groups in total. The number of hydrogen-bond donors (Lipinski definition) is 2. The van der Waals surface area contributed by atoms with Crippen LogP contribution in [0.4, 0.5) is 26.7 Å². The van der Waals surface area contributed by atoms with E-state index in [9.17, 15) is 60.3 Å². The first-order valence-corrected chi connectivity index (χ1v) is 51.9. The summed E-state index contributed by atoms with van der Waals surface area (Å²) < 4.78 is 82.5. The predicted octanol–water partition coefficient (Wildman–Crippen LogP) is 25.3. The lowest BCUT2D eigenvalue weighted by Gasteiger charge is -2.57. The van der Waals surface area contributed by atoms with Gasteiger partial charge >= 0.3 is 12.2 Å². The Kier molecular flexibility index (Phi) is 36.8. The van der Waals surface area contributed by atoms with Crippen molar-refractivity contribution in [3.05, 3.63) is 340 Å². The molecule has 5 fully saturated rings. The minimum Gasteiger partial charge on any atom is -0.497 e. The van der Waals surface area contributed by atoms with Gasteiger partial charge in [-0.3, -0.25) is 47.3 Å². The second-order valence-electron chi connectivity index (χ2n) is 39.1. The quantitative estimate of drug-likeness (QED) is 0.0282. The number of benzene rings is 10. The van der Waals surface area contributed by atoms with Gasteiger partial charge in [-0.15, -0.1) is 0 Å². The average molecular weight is 2030 g/mol. The number of carbonyl (C=O) groups excluding carboxylic acids is 5. The molecule has 1 saturated heterocycles. The fraction of sp³-hybridized carbons (Fsp3) is 0.393. The van der Waals surface area contributed by atoms with Crippen molar-refractivity contribution in [2.45, 2.75) is 227 Å². The maximum absolute atomic E-state index is 14.3. The fourth-order valence-corrected chi connectivity index (χ4v) is 21.7. The van der Waals surface area contributed by atoms with Crippen LogP contribution in [0, 0.1) is 42.2 Å². The third-order valence-corrected chi connectivity index (χ3v) is 28.9. The van der Waals surface area contributed by atoms with Crippen molar-refractivity contribution in [2.24, 2.45) is 23.7 Å². The number of nitrogens with one attached hydrogen (secondary N) is 2. The van der Waals surface area contributed by atoms with Crippen LogP contribution in [0.2, 0.25) is 10.0 Å². The van der Waals surface area contributed by atoms with Gasteiger partial charge in [0, 0.05) is 55.5 Å². The van der Waals surface area contributed by atoms with E-state index in [2.05, 4.69) is 45.3 Å². The molecular formula is C117H131Cl2F5N12O10. The number of amides is 6. The molecule has 29 heteroatoms. The molecule has 13 aromatic rings. The third-order valence-electron chi connectivity index (χ3n) is 28.4. The Morgan fingerprint density at radius 3 is 1.52 bits per heavy atom. The highest BCUT2D eigenvalue weighted by Gasteiger charge is 2.52. The van der Waals surface area contributed by atoms with E-state index >= 15 is 0 Å². The van der Waals surface area contributed by atoms with Crippen molar-refractivity contribution in [1.82, 2.24) is 58.9 Å². The lowest BCUT2D eigenvalue weighted by atomic mass is 9.53. The van der Waals surface area contributed by atoms with Gasteiger partial charge in [0.25, 0.3) is 34.4 Å². The van der Waals surface area contributed by atoms with Crippen LogP contribution in [0.5, 0.6) is 11.5 Å². The highest BCUT2D eigenvalue weighted by molar-refractivity contribution is 6.31. The first-order chi connectivity index (χ1) is 70.3. The summed E-state index contributed by atoms with van der Waals surface area (Å²) in [4.78, 5) is 131. The van der Waals surface area contributed by atoms with E-state index in [0.717, 1.165) is 129 Å². The molecule has 0 spiro atoms. The number of alkyl halides is 3. The number of likely N-dealkylation sites (tertiary alicyclic amines) is 1. The standard InChI is InChI=1S/C32H35ClFN3O4.C32H35ClFN3O2.C32H40N4O2.C21H21F3N2O2/c1-5-7-8-11-18-36(31(38)24-16-15-22(40-3)20-29(24)41-4)28(6-2)30-35-27-13-10-9-12-23(27)32(39)37(30)21-14-17-26(34)25(33)19-21;1-4-7-8-11-20-36(31(38)23-16-14-22(5-2)15-17-23)29(6-3)30-35-28-13-10-9-12-25(28)32(39)37(30)24-18-19-27(34)26(33)21-24;1-20(2)19-35(31(38)34-32-16-23-13-24(17-32)15-25(14-23)18-32)22(4)29-33-27-11-7-6-10-26(27)30(37)36(29)28-12-8-5-9-21(28)3;22-21(23,24)17-9-4-8-16(14-17)20(28)26-13-5-10-18(26)19(27)25-12-11-15-6-2-1-3-7-15/h9-10,12-17,19-20,28H,5-8,11,18H2,1-4H3;9-10,12-19,21,29H,4-8,11,20H2,1-3H3;5-12,20,22-25H,13-19H2,1-4H3,(H,34,38);1-4,6-9,14,18H,5,10-13H2,(H,25,27). The Labute approximate surface area is 860 Å². The van der Waals surface area contributed by atoms with E-state index < -0.39 is 47.4 Å². The molecule has 146 heavy (non-hydrogen) atoms. The van der Waals surface area contributed by atoms with Gasteiger partial charge in [0.2, 0.25) is 5.91 Å². The molecule has 4 atom stereocenters. The van der Waals surface area contributed by atoms with Crippen molar-refractivity contribution >= 4 is 85.6 Å². The van der Waals surface area contributed by atoms with Gasteiger partial charge in [-0.1, -0.05) is 213 Å². The zero-order valence-corrected chi connectivity index (χ0v) is 86.4. The normalized spacial score (nSPS) is 16.7. The summed E-state index contributed by atoms with van der Waals surface area (Å²) in [6, 6.07) is 62.6. The summed E-state index contributed by atoms with van der Waals surface area (Å²) in [5, 5.41) is 7.63. The van der Waals surface area contributed by atoms with Crippen molar-refractivity contribution in [1.29, 1.82) is 0 Å². The van der Waals surface area contributed by atoms with Crippen molar-refractivity contribution < 1.29 is 55.4 Å². The maximum Gasteiger partial charge on any atom is 0.416 e. The van der Waals surface area contributed by atoms with E-state index in [4.69, 9.17) is 47.6 Å². The van der Waals surface area contributed by atoms with Crippen molar-refractivity contribution in [2.75, 3.05) is 46.9 Å². The lowest BCUT2D eigenvalue weighted by Crippen LogP contribution is -2.62. The molecule has 22 nitrogen and oxygen atoms in total. The Morgan fingerprint density at radius 1 is 0.521 bits per heavy atom. The summed E-state index contributed by atoms with van der Waals surface area (Å²) in [7, 11) is 3.06. The number of ether oxygens (including phenoxy) is 2. The number of urea groups is 1. The number of halogens is 7. The molecule has 4 saturated carbocycles. The van der Waals surface area contributed by atoms with Crippen LogP contribution in [0.1, 0.15) is 260 Å². The van der Waals surface area contributed by atoms with Gasteiger partial charge < -0.3 is 39.7 Å². The van der Waals surface area contributed by atoms with Crippen LogP contribution in [0.3, 0.4) is 0 Å². The monoisotopic (exact) mass is 2030 g/mol. The minimum absolute atomic E-state index is 0.0214. The molecule has 4 aliphatic carbocycles. The van der Waals surface area contributed by atoms with E-state index in [1.165, 1.54) is 88.9 Å². The van der Waals surface area contributed by atoms with E-state index in [-0.39, 0.29) is 73.5 Å². The summed E-state index contributed by atoms with van der Waals surface area (Å²) in [6.07, 6.45) is 14.3. The summed E-state index contributed by atoms with van der Waals surface area (Å²) in [5.74, 6) is 2.56. The number of para-hydroxylation sites is 4. The van der Waals surface area contributed by atoms with Crippen LogP contribution in [0.15, 0.2) is 245 Å². The van der Waals surface area contributed by atoms with Gasteiger partial charge in [0.15, 0.2) is 0 Å². The minimum atomic E-state index is -4.52. The van der Waals surface area contributed by atoms with Crippen LogP contribution in [0.25, 0.3) is 49.8 Å². The van der Waals surface area contributed by atoms with Crippen molar-refractivity contribution in [3.63, 3.8) is 0 Å². The number of fused-ring (bicyclic) bond motifs is 3. The molecule has 6 amide bonds. The largest absolute Gasteiger partial charge is 0.497 e. The second-order valence-corrected chi connectivity index (χ2v) is 39.9. The number of rotatable bonds is 34. The third kappa shape index (κ3) is 25.4. The average Bonchev–Trinajstić information content (AvgIpc) is 0.809. The first-order valence-electron chi connectivity index (χ1n) is 51.2. The maximum atomic E-state index is 14.3. The molecule has 0 radical (unpaired) electrons. The highest BCUT2D eigenvalue weighted by atomic mass is 35.5. The molecular weight excluding hydrogens is 1900 g/mol. The van der Waals surface area contributed by atoms with E-state index in [0.29, 0.717) is 149 Å². The molecule has 1 aliphatic heterocycles. The summed E-state index contributed by atoms with van der Waals surface area (Å²) in [6.45, 7) is 21.0. The van der Waals surface area contributed by atoms with Gasteiger partial charge in [-0.05, 0) is 265 Å². The Balaban J connectivity index is 0.000000155. The SMILES string of the molecule is CCCCCCN(C(=O)c1ccc(CC)cc1)C(CC)c1nc2ccccc2c(=O)n1-c1ccc(F)c(Cl)c1.CCCCCCN(C(=O)c1ccc(OC)cc1OC)C(CC)c1nc2ccccc2c(=O)n1-c1ccc(F)c(Cl)c1.Cc1ccccc1-n1c(C(C)N(CC(C)C)C(=O)NC23CC4CC(CC(C4)C2)C3)nc2ccccc2c1=O.O=C(NCCc1ccccc1)C1CCCN1C(=O)c1cccc(C(F)(F)F)c1. The number of aryl methyl sites for hydroxylation is 2. The Hall–Kier alpha value is -13.4. The van der Waals surface area contributed by atoms with Gasteiger partial charge in [0.05, 0.1) is 103 Å². The van der Waals surface area contributed by atoms with Crippen LogP contribution >= 0.6 is 23.2 Å². The molecule has 4 heterocycles. The van der Waals surface area contributed by atoms with E-state index in [1.54, 1.807) is 71.2 Å². The number of unbranched alkanes of at least 4 members (excludes halogenated alkanes) is 6. The highest BCUT2D eigenvalue weighted by Crippen LogP contribution is 2.56. The molecule has 4 unspecified atom stereocenters. The van der Waals surface area contributed by atoms with Crippen LogP contribution in [-0.2, 0) is 23.8 Å². The van der Waals surface area contributed by atoms with Crippen LogP contribution < -0.4 is 36.8 Å². The van der Waals surface area contributed by atoms with Gasteiger partial charge in [0.1, 0.15) is 46.6 Å². The Bertz CT molecular complexity index is 6950. The summed E-state index contributed by atoms with van der Waals surface area (Å²) >= 11 is 12.3. The number of methoxy groups -OCH3 is 2. The molecule has 4 bridgehead atoms. The zero-order valence-electron chi connectivity index (χ0n) is 84.9. The summed E-state index contributed by atoms with van der Waals surface area (Å²) in [5.41, 5.74) is 5.80. The Morgan fingerprint density at radius 2 is 1.03 bits per heavy atom.